The van der Waals surface area contributed by atoms with Crippen molar-refractivity contribution in [1.29, 1.82) is 0 Å². The summed E-state index contributed by atoms with van der Waals surface area (Å²) in [5.41, 5.74) is 1.92. The van der Waals surface area contributed by atoms with E-state index in [1.807, 2.05) is 13.8 Å². The molecule has 2 rings (SSSR count). The van der Waals surface area contributed by atoms with Crippen LogP contribution in [-0.4, -0.2) is 54.4 Å². The average Bonchev–Trinajstić information content (AvgIpc) is 2.75. The predicted molar refractivity (Wildman–Crippen MR) is 83.8 cm³/mol. The number of carbonyl (C=O) groups is 1. The van der Waals surface area contributed by atoms with Crippen molar-refractivity contribution < 1.29 is 14.1 Å². The molecule has 1 saturated heterocycles. The van der Waals surface area contributed by atoms with Crippen LogP contribution in [0.1, 0.15) is 37.3 Å². The molecule has 6 heteroatoms. The van der Waals surface area contributed by atoms with Gasteiger partial charge in [-0.2, -0.15) is 0 Å². The fourth-order valence-corrected chi connectivity index (χ4v) is 3.01. The van der Waals surface area contributed by atoms with Gasteiger partial charge in [0.15, 0.2) is 0 Å². The summed E-state index contributed by atoms with van der Waals surface area (Å²) >= 11 is 0. The molecule has 0 unspecified atom stereocenters. The van der Waals surface area contributed by atoms with Crippen molar-refractivity contribution in [1.82, 2.24) is 15.4 Å². The van der Waals surface area contributed by atoms with Crippen molar-refractivity contribution >= 4 is 5.91 Å². The average molecular weight is 309 g/mol. The van der Waals surface area contributed by atoms with E-state index in [2.05, 4.69) is 29.2 Å². The molecule has 1 amide bonds. The van der Waals surface area contributed by atoms with Crippen LogP contribution >= 0.6 is 0 Å². The molecule has 0 aromatic carbocycles. The van der Waals surface area contributed by atoms with Crippen LogP contribution in [0.15, 0.2) is 4.52 Å². The minimum absolute atomic E-state index is 0.0781. The minimum atomic E-state index is 0.0781. The first-order valence-electron chi connectivity index (χ1n) is 8.02. The Labute approximate surface area is 132 Å². The molecule has 1 N–H and O–H groups in total. The highest BCUT2D eigenvalue weighted by Gasteiger charge is 2.21. The van der Waals surface area contributed by atoms with Gasteiger partial charge in [0.05, 0.1) is 17.9 Å². The molecule has 22 heavy (non-hydrogen) atoms. The second-order valence-electron chi connectivity index (χ2n) is 6.17. The lowest BCUT2D eigenvalue weighted by Crippen LogP contribution is -2.47. The number of amides is 1. The Balaban J connectivity index is 1.66. The Morgan fingerprint density at radius 3 is 2.59 bits per heavy atom. The maximum atomic E-state index is 11.9. The second kappa shape index (κ2) is 7.74. The van der Waals surface area contributed by atoms with Gasteiger partial charge in [0, 0.05) is 38.2 Å². The van der Waals surface area contributed by atoms with Gasteiger partial charge in [0.2, 0.25) is 5.91 Å². The van der Waals surface area contributed by atoms with Crippen molar-refractivity contribution in [2.75, 3.05) is 26.2 Å². The van der Waals surface area contributed by atoms with Crippen LogP contribution in [-0.2, 0) is 16.0 Å². The predicted octanol–water partition coefficient (Wildman–Crippen LogP) is 1.45. The van der Waals surface area contributed by atoms with Crippen LogP contribution in [0.3, 0.4) is 0 Å². The van der Waals surface area contributed by atoms with E-state index in [0.717, 1.165) is 36.7 Å². The third-order valence-electron chi connectivity index (χ3n) is 4.03. The zero-order chi connectivity index (χ0) is 16.1. The lowest BCUT2D eigenvalue weighted by Gasteiger charge is -2.35. The molecule has 2 heterocycles. The Bertz CT molecular complexity index is 471. The van der Waals surface area contributed by atoms with E-state index in [-0.39, 0.29) is 18.1 Å². The van der Waals surface area contributed by atoms with E-state index >= 15 is 0 Å². The standard InChI is InChI=1S/C16H27N3O3/c1-11-9-19(10-12(2)21-11)8-7-17-16(20)6-5-15-13(3)18-22-14(15)4/h11-12H,5-10H2,1-4H3,(H,17,20)/t11-,12+. The molecule has 1 aromatic rings. The molecule has 1 aromatic heterocycles. The molecule has 1 aliphatic rings. The maximum absolute atomic E-state index is 11.9. The van der Waals surface area contributed by atoms with Gasteiger partial charge < -0.3 is 14.6 Å². The smallest absolute Gasteiger partial charge is 0.220 e. The number of hydrogen-bond donors (Lipinski definition) is 1. The molecular weight excluding hydrogens is 282 g/mol. The third kappa shape index (κ3) is 4.81. The zero-order valence-corrected chi connectivity index (χ0v) is 14.0. The molecule has 0 radical (unpaired) electrons. The van der Waals surface area contributed by atoms with Gasteiger partial charge in [0.25, 0.3) is 0 Å². The highest BCUT2D eigenvalue weighted by Crippen LogP contribution is 2.14. The lowest BCUT2D eigenvalue weighted by atomic mass is 10.1. The summed E-state index contributed by atoms with van der Waals surface area (Å²) in [6.07, 6.45) is 1.68. The van der Waals surface area contributed by atoms with Crippen molar-refractivity contribution in [3.8, 4) is 0 Å². The van der Waals surface area contributed by atoms with Gasteiger partial charge in [-0.25, -0.2) is 0 Å². The molecule has 124 valence electrons. The fourth-order valence-electron chi connectivity index (χ4n) is 3.01. The van der Waals surface area contributed by atoms with Crippen molar-refractivity contribution in [2.45, 2.75) is 52.7 Å². The van der Waals surface area contributed by atoms with E-state index in [4.69, 9.17) is 9.26 Å². The van der Waals surface area contributed by atoms with Gasteiger partial charge in [-0.15, -0.1) is 0 Å². The van der Waals surface area contributed by atoms with E-state index in [0.29, 0.717) is 19.4 Å². The summed E-state index contributed by atoms with van der Waals surface area (Å²) in [4.78, 5) is 14.3. The lowest BCUT2D eigenvalue weighted by molar-refractivity contribution is -0.121. The highest BCUT2D eigenvalue weighted by atomic mass is 16.5. The van der Waals surface area contributed by atoms with Crippen LogP contribution in [0.25, 0.3) is 0 Å². The van der Waals surface area contributed by atoms with Crippen molar-refractivity contribution in [3.63, 3.8) is 0 Å². The number of aryl methyl sites for hydroxylation is 2. The van der Waals surface area contributed by atoms with Crippen LogP contribution in [0.2, 0.25) is 0 Å². The Morgan fingerprint density at radius 1 is 1.32 bits per heavy atom. The van der Waals surface area contributed by atoms with Crippen molar-refractivity contribution in [2.24, 2.45) is 0 Å². The van der Waals surface area contributed by atoms with Gasteiger partial charge >= 0.3 is 0 Å². The van der Waals surface area contributed by atoms with E-state index in [9.17, 15) is 4.79 Å². The van der Waals surface area contributed by atoms with Gasteiger partial charge in [-0.05, 0) is 34.1 Å². The first-order valence-corrected chi connectivity index (χ1v) is 8.02. The fraction of sp³-hybridized carbons (Fsp3) is 0.750. The first-order chi connectivity index (χ1) is 10.5. The first kappa shape index (κ1) is 17.0. The van der Waals surface area contributed by atoms with Gasteiger partial charge in [-0.3, -0.25) is 9.69 Å². The summed E-state index contributed by atoms with van der Waals surface area (Å²) in [6, 6.07) is 0. The monoisotopic (exact) mass is 309 g/mol. The number of carbonyl (C=O) groups excluding carboxylic acids is 1. The summed E-state index contributed by atoms with van der Waals surface area (Å²) in [5.74, 6) is 0.885. The molecule has 6 nitrogen and oxygen atoms in total. The number of hydrogen-bond acceptors (Lipinski definition) is 5. The molecule has 1 aliphatic heterocycles. The Kier molecular flexibility index (Phi) is 5.97. The summed E-state index contributed by atoms with van der Waals surface area (Å²) in [7, 11) is 0. The summed E-state index contributed by atoms with van der Waals surface area (Å²) < 4.78 is 10.8. The normalized spacial score (nSPS) is 22.7. The van der Waals surface area contributed by atoms with Crippen LogP contribution in [0.4, 0.5) is 0 Å². The summed E-state index contributed by atoms with van der Waals surface area (Å²) in [6.45, 7) is 11.4. The number of aromatic nitrogens is 1. The van der Waals surface area contributed by atoms with Crippen LogP contribution < -0.4 is 5.32 Å². The Morgan fingerprint density at radius 2 is 2.00 bits per heavy atom. The SMILES string of the molecule is Cc1noc(C)c1CCC(=O)NCCN1C[C@@H](C)O[C@@H](C)C1. The number of ether oxygens (including phenoxy) is 1. The molecule has 1 fully saturated rings. The molecule has 0 spiro atoms. The molecule has 0 bridgehead atoms. The van der Waals surface area contributed by atoms with Crippen molar-refractivity contribution in [3.05, 3.63) is 17.0 Å². The minimum Gasteiger partial charge on any atom is -0.373 e. The molecular formula is C16H27N3O3. The second-order valence-corrected chi connectivity index (χ2v) is 6.17. The largest absolute Gasteiger partial charge is 0.373 e. The van der Waals surface area contributed by atoms with E-state index in [1.54, 1.807) is 0 Å². The molecule has 0 aliphatic carbocycles. The van der Waals surface area contributed by atoms with Crippen LogP contribution in [0.5, 0.6) is 0 Å². The quantitative estimate of drug-likeness (QED) is 0.861. The van der Waals surface area contributed by atoms with E-state index < -0.39 is 0 Å². The number of rotatable bonds is 6. The molecule has 2 atom stereocenters. The topological polar surface area (TPSA) is 67.6 Å². The highest BCUT2D eigenvalue weighted by molar-refractivity contribution is 5.76. The van der Waals surface area contributed by atoms with Gasteiger partial charge in [-0.1, -0.05) is 5.16 Å². The zero-order valence-electron chi connectivity index (χ0n) is 14.0. The summed E-state index contributed by atoms with van der Waals surface area (Å²) in [5, 5.41) is 6.89. The number of morpholine rings is 1. The Hall–Kier alpha value is -1.40. The number of nitrogens with one attached hydrogen (secondary N) is 1. The van der Waals surface area contributed by atoms with E-state index in [1.165, 1.54) is 0 Å². The maximum Gasteiger partial charge on any atom is 0.220 e. The third-order valence-corrected chi connectivity index (χ3v) is 4.03. The van der Waals surface area contributed by atoms with Crippen LogP contribution in [0, 0.1) is 13.8 Å². The van der Waals surface area contributed by atoms with Gasteiger partial charge in [0.1, 0.15) is 5.76 Å². The number of nitrogens with zero attached hydrogens (tertiary/aromatic N) is 2. The molecule has 0 saturated carbocycles.